The number of aromatic nitrogens is 3. The van der Waals surface area contributed by atoms with Crippen molar-refractivity contribution in [3.8, 4) is 22.8 Å². The van der Waals surface area contributed by atoms with Crippen LogP contribution in [0, 0.1) is 0 Å². The molecule has 8 heteroatoms. The van der Waals surface area contributed by atoms with Gasteiger partial charge >= 0.3 is 0 Å². The second-order valence-corrected chi connectivity index (χ2v) is 11.4. The second-order valence-electron chi connectivity index (χ2n) is 11.4. The van der Waals surface area contributed by atoms with Crippen molar-refractivity contribution in [2.75, 3.05) is 20.2 Å². The number of hydrogen-bond acceptors (Lipinski definition) is 6. The summed E-state index contributed by atoms with van der Waals surface area (Å²) in [4.78, 5) is 33.6. The Balaban J connectivity index is 1.26. The van der Waals surface area contributed by atoms with Crippen LogP contribution in [0.3, 0.4) is 0 Å². The maximum atomic E-state index is 13.9. The first kappa shape index (κ1) is 25.1. The first-order chi connectivity index (χ1) is 18.7. The molecule has 0 unspecified atom stereocenters. The average Bonchev–Trinajstić information content (AvgIpc) is 3.38. The monoisotopic (exact) mass is 524 g/mol. The minimum atomic E-state index is -0.610. The van der Waals surface area contributed by atoms with Crippen molar-refractivity contribution in [3.05, 3.63) is 72.1 Å². The van der Waals surface area contributed by atoms with Gasteiger partial charge in [-0.1, -0.05) is 18.2 Å². The molecule has 1 spiro atoms. The van der Waals surface area contributed by atoms with Crippen LogP contribution in [0.15, 0.2) is 60.8 Å². The molecule has 6 rings (SSSR count). The number of ketones is 1. The van der Waals surface area contributed by atoms with Gasteiger partial charge in [-0.05, 0) is 57.2 Å². The summed E-state index contributed by atoms with van der Waals surface area (Å²) >= 11 is 0. The maximum absolute atomic E-state index is 13.9. The highest BCUT2D eigenvalue weighted by Crippen LogP contribution is 2.40. The van der Waals surface area contributed by atoms with Gasteiger partial charge in [0.2, 0.25) is 0 Å². The fourth-order valence-corrected chi connectivity index (χ4v) is 5.44. The number of rotatable bonds is 3. The predicted octanol–water partition coefficient (Wildman–Crippen LogP) is 5.50. The molecule has 0 N–H and O–H groups in total. The van der Waals surface area contributed by atoms with E-state index >= 15 is 0 Å². The Labute approximate surface area is 227 Å². The number of fused-ring (bicyclic) bond motifs is 2. The number of pyridine rings is 1. The molecular formula is C31H32N4O4. The van der Waals surface area contributed by atoms with Crippen LogP contribution in [0.1, 0.15) is 60.9 Å². The summed E-state index contributed by atoms with van der Waals surface area (Å²) in [6.45, 7) is 7.13. The van der Waals surface area contributed by atoms with E-state index in [0.717, 1.165) is 27.9 Å². The van der Waals surface area contributed by atoms with E-state index in [1.807, 2.05) is 86.5 Å². The lowest BCUT2D eigenvalue weighted by Crippen LogP contribution is -2.52. The van der Waals surface area contributed by atoms with E-state index < -0.39 is 5.60 Å². The van der Waals surface area contributed by atoms with Crippen molar-refractivity contribution in [1.82, 2.24) is 19.7 Å². The Morgan fingerprint density at radius 2 is 1.77 bits per heavy atom. The van der Waals surface area contributed by atoms with Crippen molar-refractivity contribution in [2.24, 2.45) is 0 Å². The SMILES string of the molecule is COc1ccc(-c2cc(C(=O)N3CCC4(CC3)CC(=O)c3nn(C(C)(C)C)cc3O4)c3ccccc3n2)cc1. The number of hydrogen-bond donors (Lipinski definition) is 0. The summed E-state index contributed by atoms with van der Waals surface area (Å²) in [6.07, 6.45) is 3.27. The van der Waals surface area contributed by atoms with Gasteiger partial charge in [0.15, 0.2) is 17.2 Å². The van der Waals surface area contributed by atoms with Crippen LogP contribution in [-0.4, -0.2) is 57.2 Å². The first-order valence-electron chi connectivity index (χ1n) is 13.3. The molecule has 1 saturated heterocycles. The number of likely N-dealkylation sites (tertiary alicyclic amines) is 1. The molecule has 4 heterocycles. The third-order valence-electron chi connectivity index (χ3n) is 7.74. The van der Waals surface area contributed by atoms with E-state index in [-0.39, 0.29) is 23.7 Å². The van der Waals surface area contributed by atoms with E-state index in [2.05, 4.69) is 5.10 Å². The minimum absolute atomic E-state index is 0.00304. The summed E-state index contributed by atoms with van der Waals surface area (Å²) in [5, 5.41) is 5.32. The number of benzene rings is 2. The number of carbonyl (C=O) groups is 2. The molecule has 2 aromatic heterocycles. The van der Waals surface area contributed by atoms with Crippen molar-refractivity contribution in [2.45, 2.75) is 51.2 Å². The number of methoxy groups -OCH3 is 1. The van der Waals surface area contributed by atoms with E-state index in [1.54, 1.807) is 11.8 Å². The van der Waals surface area contributed by atoms with E-state index in [0.29, 0.717) is 42.9 Å². The number of para-hydroxylation sites is 1. The van der Waals surface area contributed by atoms with Gasteiger partial charge in [0, 0.05) is 36.9 Å². The second kappa shape index (κ2) is 9.22. The number of amides is 1. The lowest BCUT2D eigenvalue weighted by Gasteiger charge is -2.43. The number of piperidine rings is 1. The zero-order valence-corrected chi connectivity index (χ0v) is 22.7. The predicted molar refractivity (Wildman–Crippen MR) is 148 cm³/mol. The molecule has 8 nitrogen and oxygen atoms in total. The van der Waals surface area contributed by atoms with E-state index in [1.165, 1.54) is 0 Å². The molecule has 2 aromatic carbocycles. The summed E-state index contributed by atoms with van der Waals surface area (Å²) in [5.41, 5.74) is 2.59. The zero-order chi connectivity index (χ0) is 27.4. The standard InChI is InChI=1S/C31H32N4O4/c1-30(2,3)35-19-27-28(33-35)26(36)18-31(39-27)13-15-34(16-14-31)29(37)23-17-25(20-9-11-21(38-4)12-10-20)32-24-8-6-5-7-22(23)24/h5-12,17,19H,13-16,18H2,1-4H3. The molecule has 1 fully saturated rings. The molecule has 2 aliphatic heterocycles. The lowest BCUT2D eigenvalue weighted by atomic mass is 9.83. The molecule has 0 atom stereocenters. The van der Waals surface area contributed by atoms with Crippen molar-refractivity contribution >= 4 is 22.6 Å². The summed E-state index contributed by atoms with van der Waals surface area (Å²) in [5.74, 6) is 1.27. The normalized spacial score (nSPS) is 16.7. The first-order valence-corrected chi connectivity index (χ1v) is 13.3. The number of carbonyl (C=O) groups excluding carboxylic acids is 2. The Morgan fingerprint density at radius 3 is 2.46 bits per heavy atom. The number of nitrogens with zero attached hydrogens (tertiary/aromatic N) is 4. The van der Waals surface area contributed by atoms with Gasteiger partial charge in [0.05, 0.1) is 42.0 Å². The van der Waals surface area contributed by atoms with Gasteiger partial charge in [-0.15, -0.1) is 0 Å². The third-order valence-corrected chi connectivity index (χ3v) is 7.74. The Morgan fingerprint density at radius 1 is 1.05 bits per heavy atom. The third kappa shape index (κ3) is 4.54. The largest absolute Gasteiger partial charge is 0.497 e. The van der Waals surface area contributed by atoms with Crippen LogP contribution < -0.4 is 9.47 Å². The summed E-state index contributed by atoms with van der Waals surface area (Å²) < 4.78 is 13.5. The van der Waals surface area contributed by atoms with Crippen LogP contribution in [0.2, 0.25) is 0 Å². The van der Waals surface area contributed by atoms with Gasteiger partial charge in [-0.25, -0.2) is 4.98 Å². The topological polar surface area (TPSA) is 86.6 Å². The molecule has 2 aliphatic rings. The van der Waals surface area contributed by atoms with Crippen molar-refractivity contribution in [3.63, 3.8) is 0 Å². The van der Waals surface area contributed by atoms with Crippen LogP contribution >= 0.6 is 0 Å². The van der Waals surface area contributed by atoms with Crippen LogP contribution in [0.4, 0.5) is 0 Å². The van der Waals surface area contributed by atoms with Crippen LogP contribution in [-0.2, 0) is 5.54 Å². The lowest BCUT2D eigenvalue weighted by molar-refractivity contribution is -0.00581. The molecular weight excluding hydrogens is 492 g/mol. The van der Waals surface area contributed by atoms with Gasteiger partial charge in [-0.2, -0.15) is 5.10 Å². The maximum Gasteiger partial charge on any atom is 0.254 e. The fraction of sp³-hybridized carbons (Fsp3) is 0.355. The van der Waals surface area contributed by atoms with Crippen LogP contribution in [0.25, 0.3) is 22.2 Å². The molecule has 0 bridgehead atoms. The van der Waals surface area contributed by atoms with E-state index in [4.69, 9.17) is 14.5 Å². The molecule has 0 aliphatic carbocycles. The quantitative estimate of drug-likeness (QED) is 0.352. The van der Waals surface area contributed by atoms with Gasteiger partial charge in [0.25, 0.3) is 5.91 Å². The highest BCUT2D eigenvalue weighted by atomic mass is 16.5. The Hall–Kier alpha value is -4.20. The number of ether oxygens (including phenoxy) is 2. The molecule has 4 aromatic rings. The van der Waals surface area contributed by atoms with Crippen LogP contribution in [0.5, 0.6) is 11.5 Å². The average molecular weight is 525 g/mol. The Kier molecular flexibility index (Phi) is 5.93. The molecule has 39 heavy (non-hydrogen) atoms. The zero-order valence-electron chi connectivity index (χ0n) is 22.7. The molecule has 0 saturated carbocycles. The number of Topliss-reactive ketones (excluding diaryl/α,β-unsaturated/α-hetero) is 1. The summed E-state index contributed by atoms with van der Waals surface area (Å²) in [6, 6.07) is 17.3. The van der Waals surface area contributed by atoms with Gasteiger partial charge in [0.1, 0.15) is 11.4 Å². The highest BCUT2D eigenvalue weighted by Gasteiger charge is 2.45. The van der Waals surface area contributed by atoms with Gasteiger partial charge in [-0.3, -0.25) is 14.3 Å². The van der Waals surface area contributed by atoms with E-state index in [9.17, 15) is 9.59 Å². The van der Waals surface area contributed by atoms with Crippen molar-refractivity contribution in [1.29, 1.82) is 0 Å². The molecule has 0 radical (unpaired) electrons. The smallest absolute Gasteiger partial charge is 0.254 e. The highest BCUT2D eigenvalue weighted by molar-refractivity contribution is 6.07. The van der Waals surface area contributed by atoms with Crippen molar-refractivity contribution < 1.29 is 19.1 Å². The Bertz CT molecular complexity index is 1570. The minimum Gasteiger partial charge on any atom is -0.497 e. The molecule has 200 valence electrons. The fourth-order valence-electron chi connectivity index (χ4n) is 5.44. The van der Waals surface area contributed by atoms with Gasteiger partial charge < -0.3 is 14.4 Å². The summed E-state index contributed by atoms with van der Waals surface area (Å²) in [7, 11) is 1.63. The molecule has 1 amide bonds.